The van der Waals surface area contributed by atoms with E-state index in [4.69, 9.17) is 4.74 Å². The monoisotopic (exact) mass is 533 g/mol. The van der Waals surface area contributed by atoms with Gasteiger partial charge in [0.15, 0.2) is 0 Å². The third-order valence-electron chi connectivity index (χ3n) is 4.98. The number of hydrogen-bond donors (Lipinski definition) is 1. The van der Waals surface area contributed by atoms with Crippen LogP contribution in [0.2, 0.25) is 0 Å². The van der Waals surface area contributed by atoms with E-state index in [-0.39, 0.29) is 11.2 Å². The highest BCUT2D eigenvalue weighted by Crippen LogP contribution is 2.62. The van der Waals surface area contributed by atoms with E-state index in [0.717, 1.165) is 17.1 Å². The third-order valence-corrected chi connectivity index (χ3v) is 12.2. The minimum Gasteiger partial charge on any atom is -0.507 e. The molecule has 0 aliphatic carbocycles. The molecule has 0 saturated carbocycles. The van der Waals surface area contributed by atoms with Crippen LogP contribution in [0.4, 0.5) is 0 Å². The summed E-state index contributed by atoms with van der Waals surface area (Å²) in [5, 5.41) is 10.7. The van der Waals surface area contributed by atoms with Gasteiger partial charge in [-0.3, -0.25) is 4.99 Å². The summed E-state index contributed by atoms with van der Waals surface area (Å²) in [5.74, 6) is 1.92. The molecule has 2 aromatic rings. The fraction of sp³-hybridized carbons (Fsp3) is 0.320. The quantitative estimate of drug-likeness (QED) is 0.295. The number of fused-ring (bicyclic) bond motifs is 1. The van der Waals surface area contributed by atoms with E-state index < -0.39 is 0 Å². The predicted molar refractivity (Wildman–Crippen MR) is 151 cm³/mol. The first-order valence-corrected chi connectivity index (χ1v) is 14.8. The summed E-state index contributed by atoms with van der Waals surface area (Å²) < 4.78 is 9.58. The Bertz CT molecular complexity index is 1120. The van der Waals surface area contributed by atoms with Crippen molar-refractivity contribution in [2.24, 2.45) is 4.99 Å². The largest absolute Gasteiger partial charge is 0.507 e. The predicted octanol–water partition coefficient (Wildman–Crippen LogP) is 8.54. The van der Waals surface area contributed by atoms with Gasteiger partial charge in [-0.05, 0) is 36.6 Å². The molecule has 4 rings (SSSR count). The molecule has 2 aliphatic heterocycles. The van der Waals surface area contributed by atoms with Crippen molar-refractivity contribution in [1.82, 2.24) is 0 Å². The summed E-state index contributed by atoms with van der Waals surface area (Å²) in [5.41, 5.74) is 1.39. The van der Waals surface area contributed by atoms with Crippen LogP contribution >= 0.6 is 58.8 Å². The molecule has 2 aromatic carbocycles. The maximum atomic E-state index is 10.7. The summed E-state index contributed by atoms with van der Waals surface area (Å²) in [6, 6.07) is 12.3. The van der Waals surface area contributed by atoms with E-state index in [1.807, 2.05) is 70.9 Å². The van der Waals surface area contributed by atoms with Gasteiger partial charge < -0.3 is 9.84 Å². The van der Waals surface area contributed by atoms with Gasteiger partial charge in [0, 0.05) is 44.3 Å². The van der Waals surface area contributed by atoms with Gasteiger partial charge in [-0.25, -0.2) is 0 Å². The molecule has 1 N–H and O–H groups in total. The van der Waals surface area contributed by atoms with Crippen molar-refractivity contribution in [1.29, 1.82) is 0 Å². The van der Waals surface area contributed by atoms with Crippen molar-refractivity contribution in [3.63, 3.8) is 0 Å². The lowest BCUT2D eigenvalue weighted by molar-refractivity contribution is 0.405. The molecule has 0 amide bonds. The van der Waals surface area contributed by atoms with Gasteiger partial charge in [-0.2, -0.15) is 0 Å². The van der Waals surface area contributed by atoms with Crippen molar-refractivity contribution in [3.8, 4) is 11.5 Å². The smallest absolute Gasteiger partial charge is 0.128 e. The molecule has 0 radical (unpaired) electrons. The first-order chi connectivity index (χ1) is 15.8. The molecule has 33 heavy (non-hydrogen) atoms. The Morgan fingerprint density at radius 3 is 2.33 bits per heavy atom. The summed E-state index contributed by atoms with van der Waals surface area (Å²) >= 11 is 9.40. The van der Waals surface area contributed by atoms with E-state index in [1.54, 1.807) is 13.3 Å². The Hall–Kier alpha value is -1.06. The van der Waals surface area contributed by atoms with Crippen LogP contribution in [0.1, 0.15) is 38.8 Å². The summed E-state index contributed by atoms with van der Waals surface area (Å²) in [6.45, 7) is 9.14. The van der Waals surface area contributed by atoms with Crippen LogP contribution in [0.15, 0.2) is 68.8 Å². The fourth-order valence-corrected chi connectivity index (χ4v) is 10.1. The van der Waals surface area contributed by atoms with E-state index in [0.29, 0.717) is 12.1 Å². The molecule has 3 nitrogen and oxygen atoms in total. The summed E-state index contributed by atoms with van der Waals surface area (Å²) in [7, 11) is 1.65. The zero-order valence-electron chi connectivity index (χ0n) is 19.3. The highest BCUT2D eigenvalue weighted by molar-refractivity contribution is 8.37. The zero-order valence-corrected chi connectivity index (χ0v) is 23.4. The van der Waals surface area contributed by atoms with Gasteiger partial charge >= 0.3 is 0 Å². The second-order valence-corrected chi connectivity index (χ2v) is 14.8. The average molecular weight is 534 g/mol. The molecule has 2 heterocycles. The van der Waals surface area contributed by atoms with Crippen molar-refractivity contribution in [2.45, 2.75) is 42.9 Å². The molecule has 0 bridgehead atoms. The fourth-order valence-electron chi connectivity index (χ4n) is 3.27. The van der Waals surface area contributed by atoms with Gasteiger partial charge in [-0.1, -0.05) is 80.0 Å². The number of allylic oxidation sites excluding steroid dienone is 1. The number of rotatable bonds is 6. The van der Waals surface area contributed by atoms with Crippen LogP contribution in [0, 0.1) is 0 Å². The number of nitrogens with zero attached hydrogens (tertiary/aromatic N) is 1. The van der Waals surface area contributed by atoms with Crippen molar-refractivity contribution in [3.05, 3.63) is 65.1 Å². The van der Waals surface area contributed by atoms with Gasteiger partial charge in [-0.15, -0.1) is 11.8 Å². The average Bonchev–Trinajstić information content (AvgIpc) is 3.37. The molecule has 0 saturated heterocycles. The molecule has 8 heteroatoms. The number of aliphatic imine (C=N–C) groups is 1. The van der Waals surface area contributed by atoms with Crippen molar-refractivity contribution >= 4 is 65.0 Å². The number of benzene rings is 2. The topological polar surface area (TPSA) is 41.8 Å². The van der Waals surface area contributed by atoms with Crippen molar-refractivity contribution in [2.75, 3.05) is 19.4 Å². The molecule has 0 unspecified atom stereocenters. The Morgan fingerprint density at radius 2 is 1.70 bits per heavy atom. The second-order valence-electron chi connectivity index (χ2n) is 8.52. The molecule has 0 aromatic heterocycles. The van der Waals surface area contributed by atoms with Crippen molar-refractivity contribution < 1.29 is 9.84 Å². The molecule has 2 aliphatic rings. The number of phenolic OH excluding ortho intramolecular Hbond substituents is 1. The zero-order chi connectivity index (χ0) is 23.6. The molecule has 0 atom stereocenters. The first-order valence-electron chi connectivity index (χ1n) is 10.6. The number of phenols is 1. The molecule has 0 spiro atoms. The van der Waals surface area contributed by atoms with Gasteiger partial charge in [0.2, 0.25) is 0 Å². The Labute approximate surface area is 217 Å². The lowest BCUT2D eigenvalue weighted by Crippen LogP contribution is -2.12. The highest BCUT2D eigenvalue weighted by Gasteiger charge is 2.27. The maximum absolute atomic E-state index is 10.7. The first kappa shape index (κ1) is 25.0. The van der Waals surface area contributed by atoms with Gasteiger partial charge in [0.25, 0.3) is 0 Å². The standard InChI is InChI=1S/C25H27NO2S5/c1-15-22(33-23(30-15)24-31-19-8-6-7-9-20(19)32-24)29-11-10-26-14-16-12-17(28-5)13-18(21(16)27)25(2,3)4/h6-9,12-14,27H,10-11H2,1-5H3. The Morgan fingerprint density at radius 1 is 1.03 bits per heavy atom. The van der Waals surface area contributed by atoms with E-state index >= 15 is 0 Å². The van der Waals surface area contributed by atoms with Crippen LogP contribution in [0.5, 0.6) is 11.5 Å². The Kier molecular flexibility index (Phi) is 8.11. The van der Waals surface area contributed by atoms with Crippen LogP contribution in [-0.4, -0.2) is 30.7 Å². The molecule has 0 fully saturated rings. The number of ether oxygens (including phenoxy) is 1. The van der Waals surface area contributed by atoms with E-state index in [9.17, 15) is 5.11 Å². The number of thioether (sulfide) groups is 5. The minimum absolute atomic E-state index is 0.179. The Balaban J connectivity index is 1.34. The van der Waals surface area contributed by atoms with E-state index in [1.165, 1.54) is 27.4 Å². The lowest BCUT2D eigenvalue weighted by atomic mass is 9.85. The maximum Gasteiger partial charge on any atom is 0.128 e. The van der Waals surface area contributed by atoms with Crippen LogP contribution in [0.25, 0.3) is 0 Å². The molecule has 174 valence electrons. The molecular formula is C25H27NO2S5. The summed E-state index contributed by atoms with van der Waals surface area (Å²) in [6.07, 6.45) is 1.77. The lowest BCUT2D eigenvalue weighted by Gasteiger charge is -2.22. The molecular weight excluding hydrogens is 507 g/mol. The minimum atomic E-state index is -0.179. The third kappa shape index (κ3) is 5.96. The highest BCUT2D eigenvalue weighted by atomic mass is 32.2. The van der Waals surface area contributed by atoms with E-state index in [2.05, 4.69) is 57.0 Å². The second kappa shape index (κ2) is 10.7. The summed E-state index contributed by atoms with van der Waals surface area (Å²) in [4.78, 5) is 8.67. The van der Waals surface area contributed by atoms with Crippen LogP contribution in [-0.2, 0) is 5.41 Å². The van der Waals surface area contributed by atoms with Crippen LogP contribution < -0.4 is 4.74 Å². The van der Waals surface area contributed by atoms with Crippen LogP contribution in [0.3, 0.4) is 0 Å². The number of aromatic hydroxyl groups is 1. The SMILES string of the molecule is COc1cc(C=NCCSC2=C(C)SC(=C3Sc4ccccc4S3)S2)c(O)c(C(C)(C)C)c1. The number of hydrogen-bond acceptors (Lipinski definition) is 8. The van der Waals surface area contributed by atoms with Gasteiger partial charge in [0.05, 0.1) is 19.8 Å². The van der Waals surface area contributed by atoms with Gasteiger partial charge in [0.1, 0.15) is 11.5 Å². The number of methoxy groups -OCH3 is 1. The normalized spacial score (nSPS) is 16.3.